The molecule has 0 saturated carbocycles. The first-order chi connectivity index (χ1) is 6.88. The molecule has 6 nitrogen and oxygen atoms in total. The van der Waals surface area contributed by atoms with Crippen LogP contribution in [0.4, 0.5) is 0 Å². The Bertz CT molecular complexity index is 265. The summed E-state index contributed by atoms with van der Waals surface area (Å²) in [4.78, 5) is 34.3. The van der Waals surface area contributed by atoms with Crippen molar-refractivity contribution in [3.8, 4) is 0 Å². The molecule has 0 spiro atoms. The minimum atomic E-state index is -0.642. The Hall–Kier alpha value is -1.59. The molecular weight excluding hydrogens is 200 g/mol. The Morgan fingerprint density at radius 3 is 2.33 bits per heavy atom. The van der Waals surface area contributed by atoms with Gasteiger partial charge in [-0.3, -0.25) is 14.4 Å². The Balaban J connectivity index is 4.19. The Morgan fingerprint density at radius 1 is 1.40 bits per heavy atom. The van der Waals surface area contributed by atoms with Gasteiger partial charge < -0.3 is 15.0 Å². The smallest absolute Gasteiger partial charge is 0.325 e. The van der Waals surface area contributed by atoms with Gasteiger partial charge in [0.2, 0.25) is 11.8 Å². The van der Waals surface area contributed by atoms with Crippen LogP contribution < -0.4 is 5.32 Å². The first-order valence-corrected chi connectivity index (χ1v) is 4.47. The zero-order valence-electron chi connectivity index (χ0n) is 9.36. The van der Waals surface area contributed by atoms with Crippen LogP contribution in [0.2, 0.25) is 0 Å². The molecule has 0 aromatic carbocycles. The lowest BCUT2D eigenvalue weighted by molar-refractivity contribution is -0.146. The van der Waals surface area contributed by atoms with Gasteiger partial charge in [0.05, 0.1) is 7.11 Å². The fraction of sp³-hybridized carbons (Fsp3) is 0.667. The highest BCUT2D eigenvalue weighted by Gasteiger charge is 2.19. The highest BCUT2D eigenvalue weighted by molar-refractivity contribution is 5.88. The molecule has 0 aliphatic rings. The van der Waals surface area contributed by atoms with Crippen molar-refractivity contribution in [2.75, 3.05) is 20.7 Å². The van der Waals surface area contributed by atoms with Crippen LogP contribution in [0.5, 0.6) is 0 Å². The molecule has 0 bridgehead atoms. The zero-order valence-corrected chi connectivity index (χ0v) is 9.36. The summed E-state index contributed by atoms with van der Waals surface area (Å²) in [5.74, 6) is -1.13. The molecule has 6 heteroatoms. The molecule has 15 heavy (non-hydrogen) atoms. The summed E-state index contributed by atoms with van der Waals surface area (Å²) in [5, 5.41) is 2.43. The van der Waals surface area contributed by atoms with Gasteiger partial charge in [-0.25, -0.2) is 0 Å². The van der Waals surface area contributed by atoms with E-state index in [1.54, 1.807) is 6.92 Å². The SMILES string of the molecule is COC(=O)CN(C)C(=O)C(C)NC(C)=O. The van der Waals surface area contributed by atoms with E-state index >= 15 is 0 Å². The Labute approximate surface area is 88.6 Å². The lowest BCUT2D eigenvalue weighted by Crippen LogP contribution is -2.46. The molecule has 0 rings (SSSR count). The van der Waals surface area contributed by atoms with Crippen molar-refractivity contribution in [3.05, 3.63) is 0 Å². The molecule has 0 saturated heterocycles. The van der Waals surface area contributed by atoms with Gasteiger partial charge in [-0.2, -0.15) is 0 Å². The number of likely N-dealkylation sites (N-methyl/N-ethyl adjacent to an activating group) is 1. The van der Waals surface area contributed by atoms with E-state index in [9.17, 15) is 14.4 Å². The number of methoxy groups -OCH3 is 1. The molecule has 1 atom stereocenters. The average Bonchev–Trinajstić information content (AvgIpc) is 2.15. The van der Waals surface area contributed by atoms with Gasteiger partial charge >= 0.3 is 5.97 Å². The summed E-state index contributed by atoms with van der Waals surface area (Å²) in [7, 11) is 2.72. The zero-order chi connectivity index (χ0) is 12.0. The van der Waals surface area contributed by atoms with Gasteiger partial charge in [-0.15, -0.1) is 0 Å². The van der Waals surface area contributed by atoms with Crippen LogP contribution in [0.15, 0.2) is 0 Å². The highest BCUT2D eigenvalue weighted by Crippen LogP contribution is 1.92. The van der Waals surface area contributed by atoms with Gasteiger partial charge in [0, 0.05) is 14.0 Å². The number of carbonyl (C=O) groups excluding carboxylic acids is 3. The molecule has 0 fully saturated rings. The van der Waals surface area contributed by atoms with E-state index in [-0.39, 0.29) is 18.4 Å². The van der Waals surface area contributed by atoms with Gasteiger partial charge in [0.1, 0.15) is 12.6 Å². The number of esters is 1. The number of nitrogens with one attached hydrogen (secondary N) is 1. The van der Waals surface area contributed by atoms with Crippen LogP contribution >= 0.6 is 0 Å². The van der Waals surface area contributed by atoms with E-state index < -0.39 is 12.0 Å². The highest BCUT2D eigenvalue weighted by atomic mass is 16.5. The van der Waals surface area contributed by atoms with Crippen LogP contribution in [0.25, 0.3) is 0 Å². The number of amides is 2. The number of hydrogen-bond donors (Lipinski definition) is 1. The standard InChI is InChI=1S/C9H16N2O4/c1-6(10-7(2)12)9(14)11(3)5-8(13)15-4/h6H,5H2,1-4H3,(H,10,12). The van der Waals surface area contributed by atoms with E-state index in [1.165, 1.54) is 26.0 Å². The lowest BCUT2D eigenvalue weighted by Gasteiger charge is -2.20. The van der Waals surface area contributed by atoms with Gasteiger partial charge in [-0.1, -0.05) is 0 Å². The third kappa shape index (κ3) is 4.99. The maximum atomic E-state index is 11.5. The molecule has 0 aliphatic heterocycles. The molecule has 0 heterocycles. The number of carbonyl (C=O) groups is 3. The van der Waals surface area contributed by atoms with Crippen LogP contribution in [-0.4, -0.2) is 49.4 Å². The van der Waals surface area contributed by atoms with E-state index in [1.807, 2.05) is 0 Å². The monoisotopic (exact) mass is 216 g/mol. The third-order valence-corrected chi connectivity index (χ3v) is 1.76. The molecule has 2 amide bonds. The van der Waals surface area contributed by atoms with Crippen molar-refractivity contribution in [3.63, 3.8) is 0 Å². The van der Waals surface area contributed by atoms with Crippen LogP contribution in [0.1, 0.15) is 13.8 Å². The fourth-order valence-corrected chi connectivity index (χ4v) is 1.03. The molecule has 0 radical (unpaired) electrons. The largest absolute Gasteiger partial charge is 0.468 e. The summed E-state index contributed by atoms with van der Waals surface area (Å²) in [5.41, 5.74) is 0. The van der Waals surface area contributed by atoms with Crippen molar-refractivity contribution < 1.29 is 19.1 Å². The van der Waals surface area contributed by atoms with E-state index in [4.69, 9.17) is 0 Å². The summed E-state index contributed by atoms with van der Waals surface area (Å²) in [6.07, 6.45) is 0. The normalized spacial score (nSPS) is 11.5. The topological polar surface area (TPSA) is 75.7 Å². The molecule has 0 aromatic rings. The van der Waals surface area contributed by atoms with Crippen molar-refractivity contribution in [1.29, 1.82) is 0 Å². The van der Waals surface area contributed by atoms with Crippen molar-refractivity contribution >= 4 is 17.8 Å². The molecular formula is C9H16N2O4. The quantitative estimate of drug-likeness (QED) is 0.621. The molecule has 0 aliphatic carbocycles. The van der Waals surface area contributed by atoms with Crippen molar-refractivity contribution in [2.24, 2.45) is 0 Å². The van der Waals surface area contributed by atoms with Crippen molar-refractivity contribution in [2.45, 2.75) is 19.9 Å². The molecule has 0 aromatic heterocycles. The van der Waals surface area contributed by atoms with Crippen LogP contribution in [0.3, 0.4) is 0 Å². The number of ether oxygens (including phenoxy) is 1. The average molecular weight is 216 g/mol. The second kappa shape index (κ2) is 6.00. The van der Waals surface area contributed by atoms with Gasteiger partial charge in [0.15, 0.2) is 0 Å². The lowest BCUT2D eigenvalue weighted by atomic mass is 10.3. The first kappa shape index (κ1) is 13.4. The number of nitrogens with zero attached hydrogens (tertiary/aromatic N) is 1. The maximum absolute atomic E-state index is 11.5. The third-order valence-electron chi connectivity index (χ3n) is 1.76. The minimum Gasteiger partial charge on any atom is -0.468 e. The summed E-state index contributed by atoms with van der Waals surface area (Å²) >= 11 is 0. The van der Waals surface area contributed by atoms with Crippen LogP contribution in [0, 0.1) is 0 Å². The number of hydrogen-bond acceptors (Lipinski definition) is 4. The number of rotatable bonds is 4. The summed E-state index contributed by atoms with van der Waals surface area (Å²) < 4.78 is 4.41. The predicted molar refractivity (Wildman–Crippen MR) is 52.9 cm³/mol. The molecule has 1 unspecified atom stereocenters. The Kier molecular flexibility index (Phi) is 5.36. The fourth-order valence-electron chi connectivity index (χ4n) is 1.03. The van der Waals surface area contributed by atoms with E-state index in [0.717, 1.165) is 0 Å². The van der Waals surface area contributed by atoms with E-state index in [0.29, 0.717) is 0 Å². The van der Waals surface area contributed by atoms with Crippen LogP contribution in [-0.2, 0) is 19.1 Å². The summed E-state index contributed by atoms with van der Waals surface area (Å²) in [6, 6.07) is -0.642. The summed E-state index contributed by atoms with van der Waals surface area (Å²) in [6.45, 7) is 2.75. The second-order valence-electron chi connectivity index (χ2n) is 3.19. The first-order valence-electron chi connectivity index (χ1n) is 4.47. The van der Waals surface area contributed by atoms with E-state index in [2.05, 4.69) is 10.1 Å². The minimum absolute atomic E-state index is 0.126. The predicted octanol–water partition coefficient (Wildman–Crippen LogP) is -0.858. The van der Waals surface area contributed by atoms with Gasteiger partial charge in [-0.05, 0) is 6.92 Å². The van der Waals surface area contributed by atoms with Gasteiger partial charge in [0.25, 0.3) is 0 Å². The molecule has 1 N–H and O–H groups in total. The molecule has 86 valence electrons. The Morgan fingerprint density at radius 2 is 1.93 bits per heavy atom. The maximum Gasteiger partial charge on any atom is 0.325 e. The second-order valence-corrected chi connectivity index (χ2v) is 3.19. The van der Waals surface area contributed by atoms with Crippen molar-refractivity contribution in [1.82, 2.24) is 10.2 Å².